The van der Waals surface area contributed by atoms with Crippen molar-refractivity contribution >= 4 is 28.5 Å². The summed E-state index contributed by atoms with van der Waals surface area (Å²) in [7, 11) is 0. The SMILES string of the molecule is O=C1N=c2ccc(F)cc2=C1c1sc(=Nc2ccccc2)n(-c2ccccc2)c1O. The van der Waals surface area contributed by atoms with Gasteiger partial charge in [0.05, 0.1) is 22.3 Å². The molecule has 1 N–H and O–H groups in total. The summed E-state index contributed by atoms with van der Waals surface area (Å²) in [4.78, 5) is 22.1. The predicted molar refractivity (Wildman–Crippen MR) is 112 cm³/mol. The van der Waals surface area contributed by atoms with Crippen molar-refractivity contribution in [3.63, 3.8) is 0 Å². The van der Waals surface area contributed by atoms with Crippen molar-refractivity contribution in [2.24, 2.45) is 9.98 Å². The Bertz CT molecular complexity index is 1470. The van der Waals surface area contributed by atoms with Crippen LogP contribution in [0.4, 0.5) is 10.1 Å². The number of amides is 1. The quantitative estimate of drug-likeness (QED) is 0.559. The highest BCUT2D eigenvalue weighted by molar-refractivity contribution is 7.11. The molecule has 0 radical (unpaired) electrons. The van der Waals surface area contributed by atoms with Crippen LogP contribution in [-0.4, -0.2) is 15.6 Å². The lowest BCUT2D eigenvalue weighted by Gasteiger charge is -2.05. The average molecular weight is 415 g/mol. The molecule has 3 aromatic carbocycles. The molecular weight excluding hydrogens is 401 g/mol. The van der Waals surface area contributed by atoms with E-state index in [1.165, 1.54) is 18.2 Å². The van der Waals surface area contributed by atoms with Gasteiger partial charge in [-0.1, -0.05) is 47.7 Å². The van der Waals surface area contributed by atoms with E-state index < -0.39 is 11.7 Å². The Kier molecular flexibility index (Phi) is 4.37. The predicted octanol–water partition coefficient (Wildman–Crippen LogP) is 2.97. The van der Waals surface area contributed by atoms with Gasteiger partial charge in [0, 0.05) is 5.22 Å². The van der Waals surface area contributed by atoms with Crippen LogP contribution in [0.15, 0.2) is 88.8 Å². The first-order chi connectivity index (χ1) is 14.6. The second kappa shape index (κ2) is 7.20. The molecule has 1 aromatic heterocycles. The van der Waals surface area contributed by atoms with Gasteiger partial charge < -0.3 is 5.11 Å². The van der Waals surface area contributed by atoms with Gasteiger partial charge >= 0.3 is 0 Å². The van der Waals surface area contributed by atoms with Gasteiger partial charge in [-0.15, -0.1) is 0 Å². The summed E-state index contributed by atoms with van der Waals surface area (Å²) in [5.41, 5.74) is 1.56. The Morgan fingerprint density at radius 3 is 2.40 bits per heavy atom. The third-order valence-electron chi connectivity index (χ3n) is 4.69. The molecule has 2 heterocycles. The number of aromatic nitrogens is 1. The minimum Gasteiger partial charge on any atom is -0.493 e. The van der Waals surface area contributed by atoms with E-state index in [4.69, 9.17) is 0 Å². The maximum atomic E-state index is 13.9. The highest BCUT2D eigenvalue weighted by Gasteiger charge is 2.26. The molecular formula is C23H14FN3O2S. The van der Waals surface area contributed by atoms with Gasteiger partial charge in [0.25, 0.3) is 5.91 Å². The first-order valence-corrected chi connectivity index (χ1v) is 9.97. The fourth-order valence-electron chi connectivity index (χ4n) is 3.34. The van der Waals surface area contributed by atoms with E-state index in [0.29, 0.717) is 31.6 Å². The lowest BCUT2D eigenvalue weighted by molar-refractivity contribution is -0.112. The number of hydrogen-bond acceptors (Lipinski definition) is 4. The number of nitrogens with zero attached hydrogens (tertiary/aromatic N) is 3. The van der Waals surface area contributed by atoms with Crippen LogP contribution in [0.2, 0.25) is 0 Å². The molecule has 0 unspecified atom stereocenters. The van der Waals surface area contributed by atoms with Gasteiger partial charge in [0.2, 0.25) is 5.88 Å². The fourth-order valence-corrected chi connectivity index (χ4v) is 4.44. The molecule has 0 fully saturated rings. The molecule has 5 rings (SSSR count). The topological polar surface area (TPSA) is 67.0 Å². The molecule has 0 bridgehead atoms. The third kappa shape index (κ3) is 3.05. The number of thiazole rings is 1. The summed E-state index contributed by atoms with van der Waals surface area (Å²) in [6.45, 7) is 0. The molecule has 7 heteroatoms. The third-order valence-corrected chi connectivity index (χ3v) is 5.73. The van der Waals surface area contributed by atoms with E-state index in [9.17, 15) is 14.3 Å². The van der Waals surface area contributed by atoms with Crippen molar-refractivity contribution in [1.29, 1.82) is 0 Å². The average Bonchev–Trinajstić information content (AvgIpc) is 3.24. The Morgan fingerprint density at radius 1 is 0.967 bits per heavy atom. The largest absolute Gasteiger partial charge is 0.493 e. The van der Waals surface area contributed by atoms with Crippen LogP contribution in [-0.2, 0) is 4.79 Å². The van der Waals surface area contributed by atoms with Crippen LogP contribution in [0.1, 0.15) is 4.88 Å². The highest BCUT2D eigenvalue weighted by Crippen LogP contribution is 2.31. The van der Waals surface area contributed by atoms with E-state index in [1.807, 2.05) is 60.7 Å². The van der Waals surface area contributed by atoms with Crippen LogP contribution in [0.25, 0.3) is 11.3 Å². The minimum atomic E-state index is -0.515. The Balaban J connectivity index is 1.85. The van der Waals surface area contributed by atoms with Gasteiger partial charge in [-0.3, -0.25) is 9.36 Å². The first-order valence-electron chi connectivity index (χ1n) is 9.15. The molecule has 5 nitrogen and oxygen atoms in total. The van der Waals surface area contributed by atoms with Crippen molar-refractivity contribution in [3.05, 3.63) is 105 Å². The maximum Gasteiger partial charge on any atom is 0.279 e. The van der Waals surface area contributed by atoms with Gasteiger partial charge in [-0.25, -0.2) is 14.4 Å². The number of carbonyl (C=O) groups is 1. The lowest BCUT2D eigenvalue weighted by Crippen LogP contribution is -2.23. The number of para-hydroxylation sites is 2. The second-order valence-corrected chi connectivity index (χ2v) is 7.59. The molecule has 1 aliphatic heterocycles. The van der Waals surface area contributed by atoms with E-state index >= 15 is 0 Å². The molecule has 1 aliphatic rings. The van der Waals surface area contributed by atoms with Gasteiger partial charge in [0.1, 0.15) is 10.7 Å². The van der Waals surface area contributed by atoms with Crippen molar-refractivity contribution in [2.45, 2.75) is 0 Å². The van der Waals surface area contributed by atoms with Crippen LogP contribution in [0.3, 0.4) is 0 Å². The standard InChI is InChI=1S/C23H14FN3O2S/c24-14-11-12-18-17(13-14)19(21(28)26-18)20-22(29)27(16-9-5-2-6-10-16)23(30-20)25-15-7-3-1-4-8-15/h1-13,29H. The summed E-state index contributed by atoms with van der Waals surface area (Å²) < 4.78 is 15.4. The smallest absolute Gasteiger partial charge is 0.279 e. The number of carbonyl (C=O) groups excluding carboxylic acids is 1. The van der Waals surface area contributed by atoms with E-state index in [2.05, 4.69) is 9.98 Å². The number of benzene rings is 3. The Labute approximate surface area is 174 Å². The summed E-state index contributed by atoms with van der Waals surface area (Å²) in [5, 5.41) is 11.9. The van der Waals surface area contributed by atoms with Crippen molar-refractivity contribution in [3.8, 4) is 11.6 Å². The Morgan fingerprint density at radius 2 is 1.67 bits per heavy atom. The normalized spacial score (nSPS) is 13.4. The molecule has 4 aromatic rings. The molecule has 146 valence electrons. The highest BCUT2D eigenvalue weighted by atomic mass is 32.1. The van der Waals surface area contributed by atoms with Crippen molar-refractivity contribution in [2.75, 3.05) is 0 Å². The van der Waals surface area contributed by atoms with Crippen molar-refractivity contribution in [1.82, 2.24) is 4.57 Å². The summed E-state index contributed by atoms with van der Waals surface area (Å²) in [6, 6.07) is 22.5. The van der Waals surface area contributed by atoms with E-state index in [-0.39, 0.29) is 11.5 Å². The van der Waals surface area contributed by atoms with Gasteiger partial charge in [-0.05, 0) is 42.5 Å². The molecule has 0 aliphatic carbocycles. The molecule has 0 atom stereocenters. The zero-order valence-electron chi connectivity index (χ0n) is 15.5. The number of aromatic hydroxyl groups is 1. The van der Waals surface area contributed by atoms with Gasteiger partial charge in [0.15, 0.2) is 4.80 Å². The number of rotatable bonds is 3. The van der Waals surface area contributed by atoms with Gasteiger partial charge in [-0.2, -0.15) is 0 Å². The maximum absolute atomic E-state index is 13.9. The molecule has 0 saturated heterocycles. The van der Waals surface area contributed by atoms with Crippen LogP contribution >= 0.6 is 11.3 Å². The lowest BCUT2D eigenvalue weighted by atomic mass is 10.1. The second-order valence-electron chi connectivity index (χ2n) is 6.61. The number of hydrogen-bond donors (Lipinski definition) is 1. The molecule has 1 amide bonds. The number of halogens is 1. The number of fused-ring (bicyclic) bond motifs is 1. The fraction of sp³-hybridized carbons (Fsp3) is 0. The van der Waals surface area contributed by atoms with Crippen molar-refractivity contribution < 1.29 is 14.3 Å². The molecule has 0 saturated carbocycles. The Hall–Kier alpha value is -3.84. The minimum absolute atomic E-state index is 0.142. The summed E-state index contributed by atoms with van der Waals surface area (Å²) in [6.07, 6.45) is 0. The monoisotopic (exact) mass is 415 g/mol. The summed E-state index contributed by atoms with van der Waals surface area (Å²) in [5.74, 6) is -1.13. The van der Waals surface area contributed by atoms with Crippen LogP contribution in [0, 0.1) is 5.82 Å². The van der Waals surface area contributed by atoms with E-state index in [0.717, 1.165) is 11.3 Å². The molecule has 30 heavy (non-hydrogen) atoms. The van der Waals surface area contributed by atoms with E-state index in [1.54, 1.807) is 4.57 Å². The first kappa shape index (κ1) is 18.2. The van der Waals surface area contributed by atoms with Crippen LogP contribution < -0.4 is 15.4 Å². The zero-order chi connectivity index (χ0) is 20.7. The zero-order valence-corrected chi connectivity index (χ0v) is 16.3. The van der Waals surface area contributed by atoms with Crippen LogP contribution in [0.5, 0.6) is 5.88 Å². The molecule has 0 spiro atoms. The summed E-state index contributed by atoms with van der Waals surface area (Å²) >= 11 is 1.15.